The van der Waals surface area contributed by atoms with Crippen molar-refractivity contribution in [1.29, 1.82) is 0 Å². The highest BCUT2D eigenvalue weighted by Gasteiger charge is 2.42. The molecule has 1 aromatic heterocycles. The molecule has 0 saturated carbocycles. The summed E-state index contributed by atoms with van der Waals surface area (Å²) in [5.74, 6) is 0. The van der Waals surface area contributed by atoms with Crippen LogP contribution in [-0.4, -0.2) is 31.1 Å². The summed E-state index contributed by atoms with van der Waals surface area (Å²) < 4.78 is 30.0. The van der Waals surface area contributed by atoms with Gasteiger partial charge in [-0.05, 0) is 31.4 Å². The Balaban J connectivity index is 1.56. The summed E-state index contributed by atoms with van der Waals surface area (Å²) >= 11 is 0. The first-order valence-electron chi connectivity index (χ1n) is 8.77. The Bertz CT molecular complexity index is 1150. The summed E-state index contributed by atoms with van der Waals surface area (Å²) in [7, 11) is -3.57. The van der Waals surface area contributed by atoms with Crippen molar-refractivity contribution >= 4 is 21.6 Å². The highest BCUT2D eigenvalue weighted by Crippen LogP contribution is 2.45. The number of anilines is 2. The molecule has 2 aliphatic rings. The number of hydrogen-bond donors (Lipinski definition) is 1. The molecular weight excluding hydrogens is 368 g/mol. The summed E-state index contributed by atoms with van der Waals surface area (Å²) in [6.45, 7) is 2.56. The zero-order valence-electron chi connectivity index (χ0n) is 14.9. The molecule has 0 radical (unpaired) electrons. The summed E-state index contributed by atoms with van der Waals surface area (Å²) in [6, 6.07) is 5.69. The van der Waals surface area contributed by atoms with Gasteiger partial charge in [-0.2, -0.15) is 8.42 Å². The molecule has 0 unspecified atom stereocenters. The van der Waals surface area contributed by atoms with Crippen LogP contribution in [0, 0.1) is 6.92 Å². The first-order valence-corrected chi connectivity index (χ1v) is 10.2. The molecule has 2 aliphatic heterocycles. The van der Waals surface area contributed by atoms with E-state index in [1.165, 1.54) is 19.4 Å². The van der Waals surface area contributed by atoms with Crippen molar-refractivity contribution in [1.82, 2.24) is 9.55 Å². The number of para-hydroxylation sites is 1. The molecule has 0 fully saturated rings. The predicted molar refractivity (Wildman–Crippen MR) is 104 cm³/mol. The number of H-pyrrole nitrogens is 1. The lowest BCUT2D eigenvalue weighted by molar-refractivity contribution is 0.587. The lowest BCUT2D eigenvalue weighted by Gasteiger charge is -2.24. The second kappa shape index (κ2) is 6.41. The van der Waals surface area contributed by atoms with Crippen LogP contribution in [0.25, 0.3) is 0 Å². The van der Waals surface area contributed by atoms with Gasteiger partial charge in [-0.1, -0.05) is 24.3 Å². The monoisotopic (exact) mass is 388 g/mol. The van der Waals surface area contributed by atoms with Crippen LogP contribution in [0.1, 0.15) is 17.5 Å². The zero-order chi connectivity index (χ0) is 19.2. The fourth-order valence-electron chi connectivity index (χ4n) is 3.57. The van der Waals surface area contributed by atoms with Crippen LogP contribution in [0.5, 0.6) is 0 Å². The number of aromatic amines is 1. The van der Waals surface area contributed by atoms with Crippen LogP contribution in [0.2, 0.25) is 0 Å². The maximum absolute atomic E-state index is 12.9. The fourth-order valence-corrected chi connectivity index (χ4v) is 5.28. The van der Waals surface area contributed by atoms with Gasteiger partial charge in [0.05, 0.1) is 17.9 Å². The fraction of sp³-hybridized carbons (Fsp3) is 0.333. The van der Waals surface area contributed by atoms with Gasteiger partial charge in [0.15, 0.2) is 0 Å². The summed E-state index contributed by atoms with van der Waals surface area (Å²) in [6.07, 6.45) is 6.63. The second-order valence-electron chi connectivity index (χ2n) is 6.69. The standard InChI is InChI=1S/C18H20N4O4S/c1-13-12-20(18(24)19-17(13)23)9-2-3-10-21-15-8-4-6-14-7-5-11-22(16(14)15)27(21,25)26/h2-4,6,8,12H,5,7,9-11H2,1H3,(H,19,23,24)/b3-2-. The van der Waals surface area contributed by atoms with Crippen molar-refractivity contribution in [3.05, 3.63) is 68.5 Å². The normalized spacial score (nSPS) is 17.5. The maximum Gasteiger partial charge on any atom is 0.328 e. The minimum atomic E-state index is -3.57. The SMILES string of the molecule is Cc1cn(C/C=C\CN2c3cccc4c3N(CCC4)S2(=O)=O)c(=O)[nH]c1=O. The summed E-state index contributed by atoms with van der Waals surface area (Å²) in [5, 5.41) is 0. The molecule has 1 aromatic carbocycles. The lowest BCUT2D eigenvalue weighted by Crippen LogP contribution is -2.39. The van der Waals surface area contributed by atoms with Crippen LogP contribution in [-0.2, 0) is 23.2 Å². The molecule has 0 spiro atoms. The number of nitrogens with one attached hydrogen (secondary N) is 1. The van der Waals surface area contributed by atoms with E-state index in [1.807, 2.05) is 18.2 Å². The average Bonchev–Trinajstić information content (AvgIpc) is 2.86. The molecule has 142 valence electrons. The van der Waals surface area contributed by atoms with Crippen molar-refractivity contribution in [3.63, 3.8) is 0 Å². The Kier molecular flexibility index (Phi) is 4.18. The molecule has 27 heavy (non-hydrogen) atoms. The average molecular weight is 388 g/mol. The molecule has 0 saturated heterocycles. The number of benzene rings is 1. The van der Waals surface area contributed by atoms with Gasteiger partial charge in [0.25, 0.3) is 5.56 Å². The number of rotatable bonds is 4. The van der Waals surface area contributed by atoms with Gasteiger partial charge in [0, 0.05) is 24.8 Å². The van der Waals surface area contributed by atoms with E-state index in [0.717, 1.165) is 24.1 Å². The van der Waals surface area contributed by atoms with Crippen molar-refractivity contribution < 1.29 is 8.42 Å². The van der Waals surface area contributed by atoms with Gasteiger partial charge < -0.3 is 0 Å². The molecule has 0 aliphatic carbocycles. The van der Waals surface area contributed by atoms with Gasteiger partial charge >= 0.3 is 15.9 Å². The first kappa shape index (κ1) is 17.6. The van der Waals surface area contributed by atoms with E-state index in [2.05, 4.69) is 4.98 Å². The number of nitrogens with zero attached hydrogens (tertiary/aromatic N) is 3. The van der Waals surface area contributed by atoms with E-state index in [1.54, 1.807) is 19.1 Å². The van der Waals surface area contributed by atoms with Crippen LogP contribution in [0.3, 0.4) is 0 Å². The molecule has 8 nitrogen and oxygen atoms in total. The van der Waals surface area contributed by atoms with Gasteiger partial charge in [-0.3, -0.25) is 18.7 Å². The second-order valence-corrected chi connectivity index (χ2v) is 8.47. The Labute approximate surface area is 156 Å². The third kappa shape index (κ3) is 2.87. The van der Waals surface area contributed by atoms with Crippen molar-refractivity contribution in [2.45, 2.75) is 26.3 Å². The number of aryl methyl sites for hydroxylation is 2. The van der Waals surface area contributed by atoms with Gasteiger partial charge in [-0.15, -0.1) is 0 Å². The minimum absolute atomic E-state index is 0.187. The largest absolute Gasteiger partial charge is 0.328 e. The zero-order valence-corrected chi connectivity index (χ0v) is 15.7. The maximum atomic E-state index is 12.9. The van der Waals surface area contributed by atoms with Gasteiger partial charge in [0.1, 0.15) is 0 Å². The van der Waals surface area contributed by atoms with E-state index in [0.29, 0.717) is 17.8 Å². The van der Waals surface area contributed by atoms with Crippen LogP contribution >= 0.6 is 0 Å². The quantitative estimate of drug-likeness (QED) is 0.788. The molecule has 3 heterocycles. The summed E-state index contributed by atoms with van der Waals surface area (Å²) in [4.78, 5) is 25.5. The van der Waals surface area contributed by atoms with Crippen LogP contribution in [0.4, 0.5) is 11.4 Å². The Morgan fingerprint density at radius 2 is 1.96 bits per heavy atom. The third-order valence-corrected chi connectivity index (χ3v) is 6.73. The van der Waals surface area contributed by atoms with E-state index in [4.69, 9.17) is 0 Å². The molecule has 9 heteroatoms. The highest BCUT2D eigenvalue weighted by molar-refractivity contribution is 7.94. The molecule has 2 aromatic rings. The smallest absolute Gasteiger partial charge is 0.297 e. The number of aromatic nitrogens is 2. The molecule has 0 amide bonds. The molecule has 0 bridgehead atoms. The highest BCUT2D eigenvalue weighted by atomic mass is 32.2. The van der Waals surface area contributed by atoms with Crippen molar-refractivity contribution in [3.8, 4) is 0 Å². The van der Waals surface area contributed by atoms with E-state index < -0.39 is 21.5 Å². The third-order valence-electron chi connectivity index (χ3n) is 4.91. The minimum Gasteiger partial charge on any atom is -0.297 e. The molecule has 1 N–H and O–H groups in total. The number of allylic oxidation sites excluding steroid dienone is 1. The molecular formula is C18H20N4O4S. The first-order chi connectivity index (χ1) is 12.9. The van der Waals surface area contributed by atoms with Crippen LogP contribution in [0.15, 0.2) is 46.1 Å². The summed E-state index contributed by atoms with van der Waals surface area (Å²) in [5.41, 5.74) is 2.11. The number of hydrogen-bond acceptors (Lipinski definition) is 4. The van der Waals surface area contributed by atoms with E-state index >= 15 is 0 Å². The van der Waals surface area contributed by atoms with Crippen LogP contribution < -0.4 is 19.9 Å². The van der Waals surface area contributed by atoms with E-state index in [9.17, 15) is 18.0 Å². The Morgan fingerprint density at radius 1 is 1.19 bits per heavy atom. The van der Waals surface area contributed by atoms with Crippen molar-refractivity contribution in [2.75, 3.05) is 21.7 Å². The Morgan fingerprint density at radius 3 is 2.78 bits per heavy atom. The lowest BCUT2D eigenvalue weighted by atomic mass is 10.0. The Hall–Kier alpha value is -2.81. The molecule has 0 atom stereocenters. The van der Waals surface area contributed by atoms with Gasteiger partial charge in [0.2, 0.25) is 0 Å². The van der Waals surface area contributed by atoms with Crippen molar-refractivity contribution in [2.24, 2.45) is 0 Å². The molecule has 4 rings (SSSR count). The van der Waals surface area contributed by atoms with Gasteiger partial charge in [-0.25, -0.2) is 9.10 Å². The topological polar surface area (TPSA) is 95.5 Å². The van der Waals surface area contributed by atoms with E-state index in [-0.39, 0.29) is 13.1 Å². The predicted octanol–water partition coefficient (Wildman–Crippen LogP) is 0.919.